The van der Waals surface area contributed by atoms with Crippen molar-refractivity contribution < 1.29 is 28.2 Å². The van der Waals surface area contributed by atoms with E-state index < -0.39 is 40.1 Å². The molecular weight excluding hydrogens is 483 g/mol. The highest BCUT2D eigenvalue weighted by Gasteiger charge is 2.37. The number of nitrogens with zero attached hydrogens (tertiary/aromatic N) is 2. The van der Waals surface area contributed by atoms with E-state index in [1.165, 1.54) is 17.0 Å². The molecule has 1 aliphatic rings. The number of hydrogen-bond donors (Lipinski definition) is 3. The first-order valence-electron chi connectivity index (χ1n) is 11.2. The maximum absolute atomic E-state index is 13.7. The van der Waals surface area contributed by atoms with Gasteiger partial charge in [-0.25, -0.2) is 4.98 Å². The molecule has 6 nitrogen and oxygen atoms in total. The van der Waals surface area contributed by atoms with Gasteiger partial charge in [0, 0.05) is 11.5 Å². The first-order valence-corrected chi connectivity index (χ1v) is 11.6. The third-order valence-corrected chi connectivity index (χ3v) is 6.88. The average Bonchev–Trinajstić information content (AvgIpc) is 3.41. The van der Waals surface area contributed by atoms with Crippen molar-refractivity contribution in [1.29, 1.82) is 0 Å². The van der Waals surface area contributed by atoms with Gasteiger partial charge in [-0.2, -0.15) is 13.2 Å². The highest BCUT2D eigenvalue weighted by Crippen LogP contribution is 2.47. The summed E-state index contributed by atoms with van der Waals surface area (Å²) in [6.45, 7) is 0. The number of aromatic amines is 1. The lowest BCUT2D eigenvalue weighted by molar-refractivity contribution is -0.137. The number of aromatic hydroxyl groups is 2. The van der Waals surface area contributed by atoms with Crippen LogP contribution in [-0.2, 0) is 6.18 Å². The first-order chi connectivity index (χ1) is 16.7. The van der Waals surface area contributed by atoms with E-state index in [4.69, 9.17) is 11.6 Å². The summed E-state index contributed by atoms with van der Waals surface area (Å²) >= 11 is 5.83. The molecule has 0 aliphatic heterocycles. The van der Waals surface area contributed by atoms with E-state index in [1.54, 1.807) is 18.2 Å². The summed E-state index contributed by atoms with van der Waals surface area (Å²) in [5.74, 6) is -2.10. The number of hydrogen-bond acceptors (Lipinski definition) is 4. The fourth-order valence-electron chi connectivity index (χ4n) is 4.83. The van der Waals surface area contributed by atoms with Crippen LogP contribution in [0.4, 0.5) is 13.2 Å². The van der Waals surface area contributed by atoms with Crippen molar-refractivity contribution in [2.75, 3.05) is 0 Å². The van der Waals surface area contributed by atoms with Gasteiger partial charge >= 0.3 is 6.18 Å². The van der Waals surface area contributed by atoms with E-state index in [9.17, 15) is 28.2 Å². The third-order valence-electron chi connectivity index (χ3n) is 6.55. The van der Waals surface area contributed by atoms with Crippen molar-refractivity contribution in [3.8, 4) is 28.6 Å². The molecule has 2 aromatic heterocycles. The van der Waals surface area contributed by atoms with Gasteiger partial charge in [-0.3, -0.25) is 9.36 Å². The minimum Gasteiger partial charge on any atom is -0.503 e. The summed E-state index contributed by atoms with van der Waals surface area (Å²) in [5.41, 5.74) is 0.246. The lowest BCUT2D eigenvalue weighted by atomic mass is 9.83. The Hall–Kier alpha value is -3.46. The molecule has 2 heterocycles. The second-order valence-electron chi connectivity index (χ2n) is 8.73. The van der Waals surface area contributed by atoms with E-state index in [1.807, 2.05) is 0 Å². The lowest BCUT2D eigenvalue weighted by Gasteiger charge is -2.21. The van der Waals surface area contributed by atoms with Gasteiger partial charge in [-0.1, -0.05) is 36.9 Å². The largest absolute Gasteiger partial charge is 0.503 e. The molecule has 2 aromatic carbocycles. The second-order valence-corrected chi connectivity index (χ2v) is 9.13. The number of ketones is 1. The first kappa shape index (κ1) is 23.3. The van der Waals surface area contributed by atoms with Crippen LogP contribution in [0.3, 0.4) is 0 Å². The topological polar surface area (TPSA) is 91.1 Å². The predicted octanol–water partition coefficient (Wildman–Crippen LogP) is 6.87. The zero-order valence-corrected chi connectivity index (χ0v) is 19.1. The highest BCUT2D eigenvalue weighted by molar-refractivity contribution is 6.31. The van der Waals surface area contributed by atoms with Gasteiger partial charge in [-0.15, -0.1) is 0 Å². The van der Waals surface area contributed by atoms with Gasteiger partial charge in [0.1, 0.15) is 0 Å². The second kappa shape index (κ2) is 8.64. The number of halogens is 4. The van der Waals surface area contributed by atoms with Crippen LogP contribution >= 0.6 is 11.6 Å². The Morgan fingerprint density at radius 2 is 1.83 bits per heavy atom. The predicted molar refractivity (Wildman–Crippen MR) is 125 cm³/mol. The third kappa shape index (κ3) is 4.03. The van der Waals surface area contributed by atoms with Crippen molar-refractivity contribution in [3.63, 3.8) is 0 Å². The van der Waals surface area contributed by atoms with Gasteiger partial charge in [0.05, 0.1) is 44.9 Å². The SMILES string of the molecule is O=C(c1c(O)c(O)n(-c2ccc3nc[nH]c3c2)c1-c1ccc(Cl)c(C(F)(F)F)c1)C1CCCCC1. The van der Waals surface area contributed by atoms with Crippen LogP contribution in [0.25, 0.3) is 28.0 Å². The normalized spacial score (nSPS) is 15.1. The van der Waals surface area contributed by atoms with Crippen molar-refractivity contribution in [2.24, 2.45) is 5.92 Å². The molecule has 0 spiro atoms. The number of imidazole rings is 1. The Bertz CT molecular complexity index is 1440. The molecular formula is C25H21ClF3N3O3. The molecule has 5 rings (SSSR count). The summed E-state index contributed by atoms with van der Waals surface area (Å²) in [6.07, 6.45) is 0.636. The molecule has 182 valence electrons. The highest BCUT2D eigenvalue weighted by atomic mass is 35.5. The van der Waals surface area contributed by atoms with Crippen molar-refractivity contribution in [1.82, 2.24) is 14.5 Å². The monoisotopic (exact) mass is 503 g/mol. The smallest absolute Gasteiger partial charge is 0.417 e. The number of rotatable bonds is 4. The number of carbonyl (C=O) groups excluding carboxylic acids is 1. The van der Waals surface area contributed by atoms with Crippen LogP contribution in [-0.4, -0.2) is 30.5 Å². The molecule has 0 amide bonds. The molecule has 0 saturated heterocycles. The molecule has 1 aliphatic carbocycles. The fourth-order valence-corrected chi connectivity index (χ4v) is 5.05. The minimum absolute atomic E-state index is 0.0128. The van der Waals surface area contributed by atoms with Crippen LogP contribution in [0, 0.1) is 5.92 Å². The molecule has 0 unspecified atom stereocenters. The van der Waals surface area contributed by atoms with Crippen molar-refractivity contribution >= 4 is 28.4 Å². The Morgan fingerprint density at radius 3 is 2.54 bits per heavy atom. The summed E-state index contributed by atoms with van der Waals surface area (Å²) in [6, 6.07) is 8.15. The summed E-state index contributed by atoms with van der Waals surface area (Å²) in [4.78, 5) is 20.7. The number of alkyl halides is 3. The zero-order valence-electron chi connectivity index (χ0n) is 18.4. The Balaban J connectivity index is 1.79. The molecule has 4 aromatic rings. The van der Waals surface area contributed by atoms with Crippen molar-refractivity contribution in [3.05, 3.63) is 58.9 Å². The molecule has 3 N–H and O–H groups in total. The maximum Gasteiger partial charge on any atom is 0.417 e. The Morgan fingerprint density at radius 1 is 1.09 bits per heavy atom. The molecule has 10 heteroatoms. The Kier molecular flexibility index (Phi) is 5.75. The van der Waals surface area contributed by atoms with E-state index in [0.29, 0.717) is 29.6 Å². The van der Waals surface area contributed by atoms with E-state index in [0.717, 1.165) is 31.4 Å². The summed E-state index contributed by atoms with van der Waals surface area (Å²) in [5, 5.41) is 21.4. The van der Waals surface area contributed by atoms with Crippen LogP contribution in [0.2, 0.25) is 5.02 Å². The average molecular weight is 504 g/mol. The summed E-state index contributed by atoms with van der Waals surface area (Å²) in [7, 11) is 0. The van der Waals surface area contributed by atoms with Gasteiger partial charge in [0.2, 0.25) is 5.88 Å². The van der Waals surface area contributed by atoms with Crippen LogP contribution in [0.5, 0.6) is 11.6 Å². The molecule has 0 atom stereocenters. The molecule has 35 heavy (non-hydrogen) atoms. The Labute approximate surface area is 203 Å². The van der Waals surface area contributed by atoms with Gasteiger partial charge in [0.25, 0.3) is 0 Å². The molecule has 0 radical (unpaired) electrons. The number of H-pyrrole nitrogens is 1. The van der Waals surface area contributed by atoms with Crippen molar-refractivity contribution in [2.45, 2.75) is 38.3 Å². The van der Waals surface area contributed by atoms with E-state index >= 15 is 0 Å². The van der Waals surface area contributed by atoms with Crippen LogP contribution in [0.15, 0.2) is 42.7 Å². The standard InChI is InChI=1S/C25H21ClF3N3O3/c26-17-8-6-14(10-16(17)25(27,28)29)21-20(22(33)13-4-2-1-3-5-13)23(34)24(35)32(21)15-7-9-18-19(11-15)31-12-30-18/h6-13,34-35H,1-5H2,(H,30,31). The number of carbonyl (C=O) groups is 1. The summed E-state index contributed by atoms with van der Waals surface area (Å²) < 4.78 is 42.2. The van der Waals surface area contributed by atoms with Gasteiger partial charge in [0.15, 0.2) is 11.5 Å². The zero-order chi connectivity index (χ0) is 24.9. The number of fused-ring (bicyclic) bond motifs is 1. The molecule has 1 fully saturated rings. The van der Waals surface area contributed by atoms with E-state index in [-0.39, 0.29) is 16.8 Å². The number of benzene rings is 2. The van der Waals surface area contributed by atoms with Gasteiger partial charge < -0.3 is 15.2 Å². The minimum atomic E-state index is -4.74. The quantitative estimate of drug-likeness (QED) is 0.265. The fraction of sp³-hybridized carbons (Fsp3) is 0.280. The molecule has 1 saturated carbocycles. The lowest BCUT2D eigenvalue weighted by Crippen LogP contribution is -2.18. The number of Topliss-reactive ketones (excluding diaryl/α,β-unsaturated/α-hetero) is 1. The van der Waals surface area contributed by atoms with Gasteiger partial charge in [-0.05, 0) is 43.2 Å². The molecule has 0 bridgehead atoms. The van der Waals surface area contributed by atoms with Crippen LogP contribution in [0.1, 0.15) is 48.0 Å². The number of aromatic nitrogens is 3. The number of nitrogens with one attached hydrogen (secondary N) is 1. The van der Waals surface area contributed by atoms with Crippen LogP contribution < -0.4 is 0 Å². The van der Waals surface area contributed by atoms with E-state index in [2.05, 4.69) is 9.97 Å². The maximum atomic E-state index is 13.7.